The molecule has 0 bridgehead atoms. The van der Waals surface area contributed by atoms with E-state index in [0.717, 1.165) is 50.5 Å². The molecule has 1 rings (SSSR count). The normalized spacial score (nSPS) is 12.2. The molecule has 0 aliphatic heterocycles. The van der Waals surface area contributed by atoms with Gasteiger partial charge in [0.1, 0.15) is 0 Å². The number of rotatable bonds is 11. The van der Waals surface area contributed by atoms with Crippen LogP contribution < -0.4 is 14.8 Å². The first-order valence-corrected chi connectivity index (χ1v) is 7.85. The van der Waals surface area contributed by atoms with Crippen molar-refractivity contribution in [2.75, 3.05) is 19.8 Å². The number of hydrogen-bond acceptors (Lipinski definition) is 3. The molecule has 0 amide bonds. The molecule has 20 heavy (non-hydrogen) atoms. The Kier molecular flexibility index (Phi) is 8.88. The summed E-state index contributed by atoms with van der Waals surface area (Å²) in [6.07, 6.45) is 4.38. The molecule has 0 fully saturated rings. The molecule has 0 spiro atoms. The fourth-order valence-corrected chi connectivity index (χ4v) is 1.97. The van der Waals surface area contributed by atoms with Crippen LogP contribution in [0.2, 0.25) is 0 Å². The third-order valence-electron chi connectivity index (χ3n) is 3.09. The number of ether oxygens (including phenoxy) is 2. The molecule has 0 aliphatic rings. The largest absolute Gasteiger partial charge is 0.490 e. The molecule has 0 saturated heterocycles. The van der Waals surface area contributed by atoms with E-state index in [1.165, 1.54) is 6.42 Å². The van der Waals surface area contributed by atoms with Crippen molar-refractivity contribution in [3.8, 4) is 11.5 Å². The maximum atomic E-state index is 5.84. The van der Waals surface area contributed by atoms with E-state index >= 15 is 0 Å². The van der Waals surface area contributed by atoms with Gasteiger partial charge in [-0.05, 0) is 51.3 Å². The Hall–Kier alpha value is -1.22. The second kappa shape index (κ2) is 10.6. The quantitative estimate of drug-likeness (QED) is 0.621. The van der Waals surface area contributed by atoms with Crippen molar-refractivity contribution < 1.29 is 9.47 Å². The molecule has 1 aromatic rings. The van der Waals surface area contributed by atoms with Crippen molar-refractivity contribution in [2.45, 2.75) is 52.5 Å². The first kappa shape index (κ1) is 16.8. The third kappa shape index (κ3) is 6.80. The van der Waals surface area contributed by atoms with E-state index in [-0.39, 0.29) is 0 Å². The fraction of sp³-hybridized carbons (Fsp3) is 0.647. The maximum absolute atomic E-state index is 5.84. The first-order valence-electron chi connectivity index (χ1n) is 7.85. The van der Waals surface area contributed by atoms with Gasteiger partial charge in [-0.2, -0.15) is 0 Å². The number of benzene rings is 1. The van der Waals surface area contributed by atoms with Crippen LogP contribution in [-0.4, -0.2) is 25.8 Å². The molecular formula is C17H29NO2. The highest BCUT2D eigenvalue weighted by Crippen LogP contribution is 2.26. The van der Waals surface area contributed by atoms with Crippen LogP contribution in [-0.2, 0) is 0 Å². The molecule has 1 unspecified atom stereocenters. The summed E-state index contributed by atoms with van der Waals surface area (Å²) < 4.78 is 11.5. The summed E-state index contributed by atoms with van der Waals surface area (Å²) in [6, 6.07) is 8.47. The van der Waals surface area contributed by atoms with Crippen molar-refractivity contribution >= 4 is 0 Å². The highest BCUT2D eigenvalue weighted by molar-refractivity contribution is 5.39. The van der Waals surface area contributed by atoms with Gasteiger partial charge in [-0.25, -0.2) is 0 Å². The highest BCUT2D eigenvalue weighted by atomic mass is 16.5. The van der Waals surface area contributed by atoms with Crippen LogP contribution in [0.5, 0.6) is 11.5 Å². The molecule has 3 heteroatoms. The monoisotopic (exact) mass is 279 g/mol. The van der Waals surface area contributed by atoms with Gasteiger partial charge in [-0.15, -0.1) is 0 Å². The lowest BCUT2D eigenvalue weighted by Gasteiger charge is -2.14. The van der Waals surface area contributed by atoms with Crippen LogP contribution in [0.25, 0.3) is 0 Å². The topological polar surface area (TPSA) is 30.5 Å². The molecule has 1 aromatic carbocycles. The molecule has 3 nitrogen and oxygen atoms in total. The summed E-state index contributed by atoms with van der Waals surface area (Å²) in [6.45, 7) is 9.09. The van der Waals surface area contributed by atoms with E-state index < -0.39 is 0 Å². The van der Waals surface area contributed by atoms with Crippen LogP contribution >= 0.6 is 0 Å². The summed E-state index contributed by atoms with van der Waals surface area (Å²) in [7, 11) is 0. The standard InChI is InChI=1S/C17H29NO2/c1-4-12-18-15(3)9-8-14-20-17-11-7-6-10-16(17)19-13-5-2/h6-7,10-11,15,18H,4-5,8-9,12-14H2,1-3H3. The first-order chi connectivity index (χ1) is 9.77. The Balaban J connectivity index is 2.27. The Labute approximate surface area is 123 Å². The van der Waals surface area contributed by atoms with Crippen LogP contribution in [0.4, 0.5) is 0 Å². The van der Waals surface area contributed by atoms with Crippen LogP contribution in [0.1, 0.15) is 46.5 Å². The molecule has 1 atom stereocenters. The number of hydrogen-bond donors (Lipinski definition) is 1. The lowest BCUT2D eigenvalue weighted by Crippen LogP contribution is -2.26. The van der Waals surface area contributed by atoms with E-state index in [0.29, 0.717) is 6.04 Å². The maximum Gasteiger partial charge on any atom is 0.161 e. The predicted octanol–water partition coefficient (Wildman–Crippen LogP) is 4.02. The molecule has 1 N–H and O–H groups in total. The van der Waals surface area contributed by atoms with Gasteiger partial charge >= 0.3 is 0 Å². The molecular weight excluding hydrogens is 250 g/mol. The van der Waals surface area contributed by atoms with Gasteiger partial charge in [-0.1, -0.05) is 26.0 Å². The van der Waals surface area contributed by atoms with E-state index in [1.54, 1.807) is 0 Å². The predicted molar refractivity (Wildman–Crippen MR) is 84.7 cm³/mol. The van der Waals surface area contributed by atoms with Crippen molar-refractivity contribution in [3.05, 3.63) is 24.3 Å². The zero-order chi connectivity index (χ0) is 14.6. The Bertz CT molecular complexity index is 355. The number of nitrogens with one attached hydrogen (secondary N) is 1. The minimum Gasteiger partial charge on any atom is -0.490 e. The van der Waals surface area contributed by atoms with Gasteiger partial charge in [0, 0.05) is 6.04 Å². The van der Waals surface area contributed by atoms with Crippen molar-refractivity contribution in [1.82, 2.24) is 5.32 Å². The SMILES string of the molecule is CCCNC(C)CCCOc1ccccc1OCCC. The average molecular weight is 279 g/mol. The van der Waals surface area contributed by atoms with Gasteiger partial charge in [-0.3, -0.25) is 0 Å². The zero-order valence-electron chi connectivity index (χ0n) is 13.2. The average Bonchev–Trinajstić information content (AvgIpc) is 2.48. The lowest BCUT2D eigenvalue weighted by atomic mass is 10.2. The highest BCUT2D eigenvalue weighted by Gasteiger charge is 2.04. The van der Waals surface area contributed by atoms with Gasteiger partial charge in [0.15, 0.2) is 11.5 Å². The van der Waals surface area contributed by atoms with Gasteiger partial charge in [0.2, 0.25) is 0 Å². The summed E-state index contributed by atoms with van der Waals surface area (Å²) in [5, 5.41) is 3.49. The van der Waals surface area contributed by atoms with E-state index in [9.17, 15) is 0 Å². The van der Waals surface area contributed by atoms with Crippen LogP contribution in [0.15, 0.2) is 24.3 Å². The van der Waals surface area contributed by atoms with Gasteiger partial charge in [0.05, 0.1) is 13.2 Å². The van der Waals surface area contributed by atoms with E-state index in [2.05, 4.69) is 26.1 Å². The van der Waals surface area contributed by atoms with Crippen LogP contribution in [0.3, 0.4) is 0 Å². The summed E-state index contributed by atoms with van der Waals surface area (Å²) in [4.78, 5) is 0. The Morgan fingerprint density at radius 1 is 1.00 bits per heavy atom. The third-order valence-corrected chi connectivity index (χ3v) is 3.09. The summed E-state index contributed by atoms with van der Waals surface area (Å²) in [5.74, 6) is 1.71. The Morgan fingerprint density at radius 2 is 1.65 bits per heavy atom. The molecule has 0 aliphatic carbocycles. The second-order valence-corrected chi connectivity index (χ2v) is 5.14. The smallest absolute Gasteiger partial charge is 0.161 e. The molecule has 0 heterocycles. The second-order valence-electron chi connectivity index (χ2n) is 5.14. The zero-order valence-corrected chi connectivity index (χ0v) is 13.2. The summed E-state index contributed by atoms with van der Waals surface area (Å²) in [5.41, 5.74) is 0. The molecule has 114 valence electrons. The van der Waals surface area contributed by atoms with Crippen molar-refractivity contribution in [3.63, 3.8) is 0 Å². The lowest BCUT2D eigenvalue weighted by molar-refractivity contribution is 0.260. The number of para-hydroxylation sites is 2. The molecule has 0 saturated carbocycles. The molecule has 0 radical (unpaired) electrons. The van der Waals surface area contributed by atoms with Gasteiger partial charge in [0.25, 0.3) is 0 Å². The van der Waals surface area contributed by atoms with Crippen molar-refractivity contribution in [1.29, 1.82) is 0 Å². The Morgan fingerprint density at radius 3 is 2.25 bits per heavy atom. The minimum atomic E-state index is 0.560. The summed E-state index contributed by atoms with van der Waals surface area (Å²) >= 11 is 0. The van der Waals surface area contributed by atoms with Crippen LogP contribution in [0, 0.1) is 0 Å². The minimum absolute atomic E-state index is 0.560. The molecule has 0 aromatic heterocycles. The van der Waals surface area contributed by atoms with Gasteiger partial charge < -0.3 is 14.8 Å². The fourth-order valence-electron chi connectivity index (χ4n) is 1.97. The van der Waals surface area contributed by atoms with E-state index in [4.69, 9.17) is 9.47 Å². The van der Waals surface area contributed by atoms with E-state index in [1.807, 2.05) is 24.3 Å². The van der Waals surface area contributed by atoms with Crippen molar-refractivity contribution in [2.24, 2.45) is 0 Å².